The lowest BCUT2D eigenvalue weighted by atomic mass is 9.94. The number of nitrogens with one attached hydrogen (secondary N) is 4. The molecule has 6 heterocycles. The minimum absolute atomic E-state index is 0.0196. The molecule has 6 fully saturated rings. The quantitative estimate of drug-likeness (QED) is 0.0222. The number of carboxylic acid groups (broad SMARTS) is 2. The number of likely N-dealkylation sites (tertiary alicyclic amines) is 1. The van der Waals surface area contributed by atoms with E-state index in [9.17, 15) is 125 Å². The number of aryl methyl sites for hydroxylation is 1. The van der Waals surface area contributed by atoms with Gasteiger partial charge in [0.25, 0.3) is 0 Å². The van der Waals surface area contributed by atoms with Crippen molar-refractivity contribution in [2.24, 2.45) is 0 Å². The lowest BCUT2D eigenvalue weighted by Gasteiger charge is -2.51. The second kappa shape index (κ2) is 57.9. The molecule has 149 heavy (non-hydrogen) atoms. The minimum atomic E-state index is -6.22. The van der Waals surface area contributed by atoms with Crippen LogP contribution in [0.15, 0.2) is 35.2 Å². The van der Waals surface area contributed by atoms with E-state index in [4.69, 9.17) is 121 Å². The number of sulfonamides is 1. The van der Waals surface area contributed by atoms with E-state index in [0.717, 1.165) is 87.3 Å². The van der Waals surface area contributed by atoms with Gasteiger partial charge in [0.15, 0.2) is 55.9 Å². The molecule has 68 heteroatoms. The number of carbonyl (C=O) groups excluding carboxylic acids is 4. The van der Waals surface area contributed by atoms with E-state index in [1.165, 1.54) is 7.11 Å². The molecule has 27 unspecified atom stereocenters. The molecule has 27 atom stereocenters. The van der Waals surface area contributed by atoms with Gasteiger partial charge in [0.05, 0.1) is 84.5 Å². The van der Waals surface area contributed by atoms with Crippen molar-refractivity contribution < 1.29 is 255 Å². The number of nitrogens with zero attached hydrogens (tertiary/aromatic N) is 1. The summed E-state index contributed by atoms with van der Waals surface area (Å²) in [5.41, 5.74) is 2.97. The van der Waals surface area contributed by atoms with Gasteiger partial charge in [0.2, 0.25) is 33.7 Å². The van der Waals surface area contributed by atoms with Crippen LogP contribution >= 0.6 is 0 Å². The van der Waals surface area contributed by atoms with E-state index in [-0.39, 0.29) is 95.3 Å². The zero-order valence-corrected chi connectivity index (χ0v) is 88.6. The largest absolute Gasteiger partial charge is 0.496 e. The van der Waals surface area contributed by atoms with Crippen LogP contribution in [-0.2, 0) is 232 Å². The Labute approximate surface area is 859 Å². The monoisotopic (exact) mass is 2290 g/mol. The van der Waals surface area contributed by atoms with Crippen LogP contribution in [0.2, 0.25) is 0 Å². The first-order valence-corrected chi connectivity index (χ1v) is 55.2. The highest BCUT2D eigenvalue weighted by Crippen LogP contribution is 2.43. The van der Waals surface area contributed by atoms with E-state index >= 15 is 0 Å². The lowest BCUT2D eigenvalue weighted by molar-refractivity contribution is -0.389. The van der Waals surface area contributed by atoms with Crippen molar-refractivity contribution in [2.45, 2.75) is 256 Å². The number of benzene rings is 2. The van der Waals surface area contributed by atoms with Crippen LogP contribution < -0.4 is 25.4 Å². The molecule has 6 saturated heterocycles. The second-order valence-corrected chi connectivity index (χ2v) is 42.2. The van der Waals surface area contributed by atoms with Crippen molar-refractivity contribution >= 4 is 108 Å². The van der Waals surface area contributed by atoms with E-state index in [0.29, 0.717) is 35.5 Å². The maximum absolute atomic E-state index is 14.5. The highest BCUT2D eigenvalue weighted by Gasteiger charge is 2.63. The third-order valence-corrected chi connectivity index (χ3v) is 28.4. The third-order valence-electron chi connectivity index (χ3n) is 24.0. The molecule has 6 aliphatic heterocycles. The van der Waals surface area contributed by atoms with Crippen molar-refractivity contribution in [3.63, 3.8) is 0 Å². The molecule has 61 nitrogen and oxygen atoms in total. The Bertz CT molecular complexity index is 5530. The molecule has 2 aromatic carbocycles. The summed E-state index contributed by atoms with van der Waals surface area (Å²) >= 11 is 0. The Morgan fingerprint density at radius 3 is 1.26 bits per heavy atom. The SMILES string of the molecule is COc1cc(C)c(S(=O)(=O)NC(CC(=O)NCCCC(=O)NCCOCCOCCOCCOC2C(COS(=O)(=O)O)OC(OC3C(C(=O)O)OC(OC4C(COS(=O)(=O)O)OC(OC5C(C(=O)O)OC(OC6C(COS(=O)(=O)O)OC(OC)C(OS(=O)(=O)O)C6OC)C(OC)C5OC)C(OS(=O)(=O)O)C4OS(=O)(=O)O)C(OC)C3OC)C(OC)C2OC)C(=O)NC(Cc2ccc(C(C)C)cc2)C(=O)N2CCCCC2)c(C)c1C. The molecule has 0 aromatic heterocycles. The van der Waals surface area contributed by atoms with Crippen LogP contribution in [0.3, 0.4) is 0 Å². The number of piperidine rings is 1. The molecule has 2 aromatic rings. The Morgan fingerprint density at radius 2 is 0.819 bits per heavy atom. The molecule has 4 amide bonds. The molecule has 0 bridgehead atoms. The van der Waals surface area contributed by atoms with Gasteiger partial charge < -0.3 is 135 Å². The molecule has 0 spiro atoms. The first-order chi connectivity index (χ1) is 69.9. The molecule has 856 valence electrons. The zero-order chi connectivity index (χ0) is 111. The predicted octanol–water partition coefficient (Wildman–Crippen LogP) is -3.92. The van der Waals surface area contributed by atoms with Crippen LogP contribution in [0.25, 0.3) is 0 Å². The number of carboxylic acids is 2. The van der Waals surface area contributed by atoms with Crippen molar-refractivity contribution in [2.75, 3.05) is 156 Å². The maximum atomic E-state index is 14.5. The molecular weight excluding hydrogens is 2160 g/mol. The van der Waals surface area contributed by atoms with Gasteiger partial charge in [-0.25, -0.2) is 43.1 Å². The first kappa shape index (κ1) is 128. The maximum Gasteiger partial charge on any atom is 0.397 e. The number of hydrogen-bond acceptors (Lipinski definition) is 48. The summed E-state index contributed by atoms with van der Waals surface area (Å²) in [6.07, 6.45) is -54.4. The topological polar surface area (TPSA) is 813 Å². The summed E-state index contributed by atoms with van der Waals surface area (Å²) in [5, 5.41) is 30.0. The molecule has 6 aliphatic rings. The van der Waals surface area contributed by atoms with Crippen molar-refractivity contribution in [1.82, 2.24) is 25.6 Å². The third kappa shape index (κ3) is 38.1. The standard InChI is InChI=1S/C81H129N5O56S7/c1-41(2)46-22-20-45(21-23-46)36-48(74(90)86-26-16-15-17-27-86)84-73(89)47(85-143(95,96)72-42(3)35-49(115-6)43(4)44(72)5)37-54(88)82-24-18-19-53(87)83-25-28-124-29-30-125-31-32-126-33-34-127-55-50(38-128-144(97,98)99)132-78(67(120-11)58(55)116-7)136-62-60(118-9)69(122-13)80(139-65(62)75(91)92)135-57-52(40-130-146(103,104)105)133-81(71(142-149(112,113)114)64(57)140-147(106,107)108)137-63-61(119-10)68(121-12)79(138-66(63)76(93)94)134-56-51(39-129-145(100,101)102)131-77(123-14)70(59(56)117-8)141-148(109,110)111/h20-23,35,41,47-48,50-52,55-71,77-81,85H,15-19,24-34,36-40H2,1-14H3,(H,82,88)(H,83,87)(H,84,89)(H,91,92)(H,93,94)(H,97,98,99)(H,100,101,102)(H,103,104,105)(H,106,107,108)(H,109,110,111)(H,112,113,114). The minimum Gasteiger partial charge on any atom is -0.496 e. The number of amides is 4. The summed E-state index contributed by atoms with van der Waals surface area (Å²) in [5.74, 6) is -5.96. The first-order valence-electron chi connectivity index (χ1n) is 45.5. The lowest BCUT2D eigenvalue weighted by Crippen LogP contribution is -2.70. The normalized spacial score (nSPS) is 29.0. The molecule has 0 aliphatic carbocycles. The fourth-order valence-electron chi connectivity index (χ4n) is 17.2. The number of ether oxygens (including phenoxy) is 22. The van der Waals surface area contributed by atoms with Gasteiger partial charge in [0.1, 0.15) is 115 Å². The number of carbonyl (C=O) groups is 6. The average Bonchev–Trinajstić information content (AvgIpc) is 0.743. The van der Waals surface area contributed by atoms with Crippen molar-refractivity contribution in [1.29, 1.82) is 0 Å². The summed E-state index contributed by atoms with van der Waals surface area (Å²) in [7, 11) is -30.2. The smallest absolute Gasteiger partial charge is 0.397 e. The highest BCUT2D eigenvalue weighted by atomic mass is 32.3. The van der Waals surface area contributed by atoms with Gasteiger partial charge in [-0.2, -0.15) is 55.2 Å². The van der Waals surface area contributed by atoms with Crippen LogP contribution in [0, 0.1) is 20.8 Å². The predicted molar refractivity (Wildman–Crippen MR) is 492 cm³/mol. The van der Waals surface area contributed by atoms with Crippen molar-refractivity contribution in [3.05, 3.63) is 58.1 Å². The van der Waals surface area contributed by atoms with Crippen LogP contribution in [-0.4, -0.2) is 459 Å². The molecule has 0 saturated carbocycles. The van der Waals surface area contributed by atoms with E-state index < -0.39 is 294 Å². The van der Waals surface area contributed by atoms with Crippen LogP contribution in [0.1, 0.15) is 86.1 Å². The highest BCUT2D eigenvalue weighted by molar-refractivity contribution is 7.89. The Morgan fingerprint density at radius 1 is 0.423 bits per heavy atom. The molecule has 0 radical (unpaired) electrons. The Hall–Kier alpha value is -6.65. The van der Waals surface area contributed by atoms with Gasteiger partial charge in [0, 0.05) is 95.9 Å². The van der Waals surface area contributed by atoms with Crippen LogP contribution in [0.4, 0.5) is 0 Å². The van der Waals surface area contributed by atoms with E-state index in [1.807, 2.05) is 38.1 Å². The summed E-state index contributed by atoms with van der Waals surface area (Å²) < 4.78 is 395. The van der Waals surface area contributed by atoms with Crippen molar-refractivity contribution in [3.8, 4) is 5.75 Å². The number of methoxy groups -OCH3 is 9. The van der Waals surface area contributed by atoms with E-state index in [1.54, 1.807) is 31.7 Å². The van der Waals surface area contributed by atoms with Gasteiger partial charge in [-0.3, -0.25) is 46.5 Å². The van der Waals surface area contributed by atoms with Crippen LogP contribution in [0.5, 0.6) is 5.75 Å². The summed E-state index contributed by atoms with van der Waals surface area (Å²) in [6, 6.07) is 6.31. The van der Waals surface area contributed by atoms with Gasteiger partial charge in [-0.1, -0.05) is 38.1 Å². The second-order valence-electron chi connectivity index (χ2n) is 34.2. The number of rotatable bonds is 62. The average molecular weight is 2290 g/mol. The van der Waals surface area contributed by atoms with E-state index in [2.05, 4.69) is 29.0 Å². The number of aliphatic carboxylic acids is 2. The van der Waals surface area contributed by atoms with Gasteiger partial charge in [-0.05, 0) is 86.3 Å². The molecule has 8 rings (SSSR count). The Kier molecular flexibility index (Phi) is 49.5. The zero-order valence-electron chi connectivity index (χ0n) is 82.9. The fraction of sp³-hybridized carbons (Fsp3) is 0.778. The van der Waals surface area contributed by atoms with Gasteiger partial charge >= 0.3 is 74.3 Å². The fourth-order valence-corrected chi connectivity index (χ4v) is 21.3. The Balaban J connectivity index is 0.876. The van der Waals surface area contributed by atoms with Gasteiger partial charge in [-0.15, -0.1) is 0 Å². The summed E-state index contributed by atoms with van der Waals surface area (Å²) in [4.78, 5) is 84.0. The summed E-state index contributed by atoms with van der Waals surface area (Å²) in [6.45, 7) is 5.12. The molecule has 12 N–H and O–H groups in total. The molecular formula is C81H129N5O56S7. The number of hydrogen-bond donors (Lipinski definition) is 12.